The van der Waals surface area contributed by atoms with Gasteiger partial charge in [0.15, 0.2) is 0 Å². The smallest absolute Gasteiger partial charge is 0.226 e. The summed E-state index contributed by atoms with van der Waals surface area (Å²) in [5, 5.41) is 7.00. The predicted molar refractivity (Wildman–Crippen MR) is 93.6 cm³/mol. The van der Waals surface area contributed by atoms with Crippen LogP contribution in [0.2, 0.25) is 5.02 Å². The number of rotatable bonds is 6. The van der Waals surface area contributed by atoms with Gasteiger partial charge in [0.05, 0.1) is 0 Å². The van der Waals surface area contributed by atoms with Crippen LogP contribution in [0.4, 0.5) is 11.4 Å². The van der Waals surface area contributed by atoms with Crippen LogP contribution in [-0.4, -0.2) is 12.5 Å². The van der Waals surface area contributed by atoms with Gasteiger partial charge in [-0.2, -0.15) is 0 Å². The molecule has 3 nitrogen and oxygen atoms in total. The standard InChI is InChI=1S/C18H21ClN2O/c1-13(2)18(22)21-17-9-7-16(8-10-17)20-12-11-14-3-5-15(19)6-4-14/h3-10,13,20H,11-12H2,1-2H3,(H,21,22). The maximum Gasteiger partial charge on any atom is 0.226 e. The second-order valence-corrected chi connectivity index (χ2v) is 5.96. The highest BCUT2D eigenvalue weighted by Gasteiger charge is 2.06. The molecule has 0 aliphatic rings. The van der Waals surface area contributed by atoms with Gasteiger partial charge >= 0.3 is 0 Å². The molecular formula is C18H21ClN2O. The first-order valence-corrected chi connectivity index (χ1v) is 7.81. The van der Waals surface area contributed by atoms with E-state index < -0.39 is 0 Å². The molecule has 2 N–H and O–H groups in total. The Morgan fingerprint density at radius 2 is 1.59 bits per heavy atom. The summed E-state index contributed by atoms with van der Waals surface area (Å²) in [6.07, 6.45) is 0.934. The lowest BCUT2D eigenvalue weighted by atomic mass is 10.1. The quantitative estimate of drug-likeness (QED) is 0.818. The van der Waals surface area contributed by atoms with E-state index in [1.54, 1.807) is 0 Å². The van der Waals surface area contributed by atoms with Crippen LogP contribution in [0.25, 0.3) is 0 Å². The van der Waals surface area contributed by atoms with Gasteiger partial charge in [0.2, 0.25) is 5.91 Å². The van der Waals surface area contributed by atoms with Gasteiger partial charge in [-0.1, -0.05) is 37.6 Å². The third-order valence-corrected chi connectivity index (χ3v) is 3.58. The van der Waals surface area contributed by atoms with E-state index in [0.29, 0.717) is 0 Å². The molecule has 116 valence electrons. The first-order chi connectivity index (χ1) is 10.5. The number of hydrogen-bond donors (Lipinski definition) is 2. The number of carbonyl (C=O) groups is 1. The molecule has 0 bridgehead atoms. The van der Waals surface area contributed by atoms with Crippen LogP contribution in [0.15, 0.2) is 48.5 Å². The number of amides is 1. The van der Waals surface area contributed by atoms with Gasteiger partial charge in [-0.15, -0.1) is 0 Å². The Bertz CT molecular complexity index is 606. The molecule has 0 aliphatic carbocycles. The largest absolute Gasteiger partial charge is 0.385 e. The normalized spacial score (nSPS) is 10.5. The lowest BCUT2D eigenvalue weighted by molar-refractivity contribution is -0.118. The van der Waals surface area contributed by atoms with Crippen molar-refractivity contribution < 1.29 is 4.79 Å². The number of benzene rings is 2. The Hall–Kier alpha value is -2.00. The summed E-state index contributed by atoms with van der Waals surface area (Å²) in [5.74, 6) is 0.0145. The summed E-state index contributed by atoms with van der Waals surface area (Å²) in [6.45, 7) is 4.60. The summed E-state index contributed by atoms with van der Waals surface area (Å²) < 4.78 is 0. The first-order valence-electron chi connectivity index (χ1n) is 7.44. The van der Waals surface area contributed by atoms with Crippen molar-refractivity contribution in [3.8, 4) is 0 Å². The molecule has 0 heterocycles. The molecule has 2 aromatic rings. The predicted octanol–water partition coefficient (Wildman–Crippen LogP) is 4.59. The summed E-state index contributed by atoms with van der Waals surface area (Å²) in [7, 11) is 0. The van der Waals surface area contributed by atoms with Gasteiger partial charge in [0.1, 0.15) is 0 Å². The van der Waals surface area contributed by atoms with E-state index in [9.17, 15) is 4.79 Å². The van der Waals surface area contributed by atoms with Crippen LogP contribution >= 0.6 is 11.6 Å². The highest BCUT2D eigenvalue weighted by Crippen LogP contribution is 2.15. The zero-order chi connectivity index (χ0) is 15.9. The Kier molecular flexibility index (Phi) is 5.84. The average molecular weight is 317 g/mol. The second kappa shape index (κ2) is 7.85. The van der Waals surface area contributed by atoms with E-state index in [-0.39, 0.29) is 11.8 Å². The van der Waals surface area contributed by atoms with E-state index in [1.807, 2.05) is 62.4 Å². The Labute approximate surface area is 136 Å². The van der Waals surface area contributed by atoms with Crippen LogP contribution < -0.4 is 10.6 Å². The van der Waals surface area contributed by atoms with Crippen molar-refractivity contribution in [2.75, 3.05) is 17.2 Å². The molecule has 0 fully saturated rings. The summed E-state index contributed by atoms with van der Waals surface area (Å²) in [5.41, 5.74) is 3.11. The Balaban J connectivity index is 1.81. The first kappa shape index (κ1) is 16.4. The third kappa shape index (κ3) is 5.08. The maximum absolute atomic E-state index is 11.6. The molecule has 1 amide bonds. The number of hydrogen-bond acceptors (Lipinski definition) is 2. The number of carbonyl (C=O) groups excluding carboxylic acids is 1. The zero-order valence-electron chi connectivity index (χ0n) is 12.9. The van der Waals surface area contributed by atoms with E-state index in [0.717, 1.165) is 29.4 Å². The van der Waals surface area contributed by atoms with Crippen LogP contribution in [0.1, 0.15) is 19.4 Å². The van der Waals surface area contributed by atoms with Crippen LogP contribution in [-0.2, 0) is 11.2 Å². The lowest BCUT2D eigenvalue weighted by Gasteiger charge is -2.10. The van der Waals surface area contributed by atoms with Gasteiger partial charge in [-0.25, -0.2) is 0 Å². The summed E-state index contributed by atoms with van der Waals surface area (Å²) in [4.78, 5) is 11.6. The molecule has 0 saturated heterocycles. The fraction of sp³-hybridized carbons (Fsp3) is 0.278. The molecule has 0 atom stereocenters. The van der Waals surface area contributed by atoms with Gasteiger partial charge in [0.25, 0.3) is 0 Å². The number of halogens is 1. The molecule has 22 heavy (non-hydrogen) atoms. The summed E-state index contributed by atoms with van der Waals surface area (Å²) >= 11 is 5.87. The molecule has 0 saturated carbocycles. The van der Waals surface area contributed by atoms with Crippen molar-refractivity contribution in [3.05, 3.63) is 59.1 Å². The number of anilines is 2. The minimum absolute atomic E-state index is 0.0165. The maximum atomic E-state index is 11.6. The minimum atomic E-state index is -0.0165. The summed E-state index contributed by atoms with van der Waals surface area (Å²) in [6, 6.07) is 15.6. The van der Waals surface area contributed by atoms with Gasteiger partial charge < -0.3 is 10.6 Å². The fourth-order valence-corrected chi connectivity index (χ4v) is 2.09. The van der Waals surface area contributed by atoms with Crippen LogP contribution in [0.5, 0.6) is 0 Å². The zero-order valence-corrected chi connectivity index (χ0v) is 13.7. The molecule has 0 unspecified atom stereocenters. The minimum Gasteiger partial charge on any atom is -0.385 e. The van der Waals surface area contributed by atoms with Gasteiger partial charge in [-0.05, 0) is 48.4 Å². The van der Waals surface area contributed by atoms with Crippen molar-refractivity contribution >= 4 is 28.9 Å². The average Bonchev–Trinajstić information content (AvgIpc) is 2.51. The van der Waals surface area contributed by atoms with E-state index in [2.05, 4.69) is 10.6 Å². The topological polar surface area (TPSA) is 41.1 Å². The van der Waals surface area contributed by atoms with Gasteiger partial charge in [-0.3, -0.25) is 4.79 Å². The molecule has 2 rings (SSSR count). The molecular weight excluding hydrogens is 296 g/mol. The van der Waals surface area contributed by atoms with Crippen LogP contribution in [0, 0.1) is 5.92 Å². The fourth-order valence-electron chi connectivity index (χ4n) is 1.96. The molecule has 4 heteroatoms. The monoisotopic (exact) mass is 316 g/mol. The molecule has 0 aromatic heterocycles. The molecule has 0 spiro atoms. The highest BCUT2D eigenvalue weighted by atomic mass is 35.5. The van der Waals surface area contributed by atoms with Crippen LogP contribution in [0.3, 0.4) is 0 Å². The highest BCUT2D eigenvalue weighted by molar-refractivity contribution is 6.30. The molecule has 0 aliphatic heterocycles. The molecule has 2 aromatic carbocycles. The SMILES string of the molecule is CC(C)C(=O)Nc1ccc(NCCc2ccc(Cl)cc2)cc1. The van der Waals surface area contributed by atoms with Crippen molar-refractivity contribution in [3.63, 3.8) is 0 Å². The number of nitrogens with one attached hydrogen (secondary N) is 2. The van der Waals surface area contributed by atoms with E-state index in [1.165, 1.54) is 5.56 Å². The second-order valence-electron chi connectivity index (χ2n) is 5.52. The third-order valence-electron chi connectivity index (χ3n) is 3.33. The van der Waals surface area contributed by atoms with E-state index in [4.69, 9.17) is 11.6 Å². The van der Waals surface area contributed by atoms with Gasteiger partial charge in [0, 0.05) is 28.9 Å². The van der Waals surface area contributed by atoms with Crippen molar-refractivity contribution in [2.45, 2.75) is 20.3 Å². The Morgan fingerprint density at radius 1 is 1.00 bits per heavy atom. The van der Waals surface area contributed by atoms with Crippen molar-refractivity contribution in [1.29, 1.82) is 0 Å². The van der Waals surface area contributed by atoms with E-state index >= 15 is 0 Å². The lowest BCUT2D eigenvalue weighted by Crippen LogP contribution is -2.17. The van der Waals surface area contributed by atoms with Crippen molar-refractivity contribution in [2.24, 2.45) is 5.92 Å². The molecule has 0 radical (unpaired) electrons. The van der Waals surface area contributed by atoms with Crippen molar-refractivity contribution in [1.82, 2.24) is 0 Å². The Morgan fingerprint density at radius 3 is 2.18 bits per heavy atom.